The Bertz CT molecular complexity index is 1470. The van der Waals surface area contributed by atoms with Crippen molar-refractivity contribution in [3.63, 3.8) is 0 Å². The van der Waals surface area contributed by atoms with Gasteiger partial charge in [0.05, 0.1) is 11.9 Å². The van der Waals surface area contributed by atoms with Crippen LogP contribution in [0.25, 0.3) is 11.3 Å². The lowest BCUT2D eigenvalue weighted by Crippen LogP contribution is -2.45. The third-order valence-corrected chi connectivity index (χ3v) is 12.4. The molecule has 5 heterocycles. The van der Waals surface area contributed by atoms with E-state index in [0.717, 1.165) is 123 Å². The number of piperidine rings is 2. The predicted octanol–water partition coefficient (Wildman–Crippen LogP) is 5.05. The zero-order valence-corrected chi connectivity index (χ0v) is 29.5. The quantitative estimate of drug-likeness (QED) is 0.294. The van der Waals surface area contributed by atoms with Crippen LogP contribution in [-0.2, 0) is 40.7 Å². The summed E-state index contributed by atoms with van der Waals surface area (Å²) in [4.78, 5) is 19.4. The standard InChI is InChI=1S/C35H53ClN6O3S/c1-27-8-5-17-39(25-27)16-4-3-9-28-24-29(11-12-32(28)36)35-31-26-40(46(2,44)45)23-15-33(31)42(37-35)20-7-18-38-21-13-30(14-22-38)41-19-6-10-34(41)43/h11-12,24,27,30H,3-10,13-23,25-26H2,1-2H3. The molecule has 0 bridgehead atoms. The number of sulfonamides is 1. The third kappa shape index (κ3) is 8.17. The van der Waals surface area contributed by atoms with Gasteiger partial charge < -0.3 is 14.7 Å². The van der Waals surface area contributed by atoms with Crippen LogP contribution < -0.4 is 0 Å². The van der Waals surface area contributed by atoms with Crippen molar-refractivity contribution in [2.45, 2.75) is 96.7 Å². The number of rotatable bonds is 12. The molecule has 2 aromatic rings. The van der Waals surface area contributed by atoms with Gasteiger partial charge in [0, 0.05) is 86.5 Å². The van der Waals surface area contributed by atoms with Gasteiger partial charge in [0.2, 0.25) is 15.9 Å². The van der Waals surface area contributed by atoms with E-state index < -0.39 is 10.0 Å². The summed E-state index contributed by atoms with van der Waals surface area (Å²) in [6, 6.07) is 6.63. The summed E-state index contributed by atoms with van der Waals surface area (Å²) in [5, 5.41) is 5.94. The molecule has 1 aromatic carbocycles. The molecule has 6 rings (SSSR count). The Kier molecular flexibility index (Phi) is 11.1. The van der Waals surface area contributed by atoms with E-state index in [1.165, 1.54) is 32.2 Å². The molecule has 3 fully saturated rings. The van der Waals surface area contributed by atoms with Crippen molar-refractivity contribution in [1.29, 1.82) is 0 Å². The Morgan fingerprint density at radius 2 is 1.72 bits per heavy atom. The average molecular weight is 673 g/mol. The zero-order valence-electron chi connectivity index (χ0n) is 27.9. The molecule has 0 aliphatic carbocycles. The second kappa shape index (κ2) is 15.1. The van der Waals surface area contributed by atoms with Crippen molar-refractivity contribution < 1.29 is 13.2 Å². The van der Waals surface area contributed by atoms with Gasteiger partial charge >= 0.3 is 0 Å². The van der Waals surface area contributed by atoms with Crippen LogP contribution >= 0.6 is 11.6 Å². The Hall–Kier alpha value is -1.98. The molecule has 254 valence electrons. The number of fused-ring (bicyclic) bond motifs is 1. The molecule has 4 aliphatic heterocycles. The monoisotopic (exact) mass is 672 g/mol. The van der Waals surface area contributed by atoms with Crippen LogP contribution in [0, 0.1) is 5.92 Å². The molecule has 3 saturated heterocycles. The van der Waals surface area contributed by atoms with Gasteiger partial charge in [-0.1, -0.05) is 24.6 Å². The lowest BCUT2D eigenvalue weighted by Gasteiger charge is -2.36. The summed E-state index contributed by atoms with van der Waals surface area (Å²) >= 11 is 6.71. The van der Waals surface area contributed by atoms with Gasteiger partial charge in [0.15, 0.2) is 0 Å². The summed E-state index contributed by atoms with van der Waals surface area (Å²) in [6.45, 7) is 11.6. The van der Waals surface area contributed by atoms with Crippen LogP contribution in [-0.4, -0.2) is 108 Å². The largest absolute Gasteiger partial charge is 0.340 e. The fourth-order valence-corrected chi connectivity index (χ4v) is 9.17. The first-order valence-electron chi connectivity index (χ1n) is 17.7. The van der Waals surface area contributed by atoms with E-state index in [1.807, 2.05) is 12.1 Å². The van der Waals surface area contributed by atoms with Gasteiger partial charge in [-0.25, -0.2) is 8.42 Å². The second-order valence-corrected chi connectivity index (χ2v) is 16.7. The highest BCUT2D eigenvalue weighted by Crippen LogP contribution is 2.34. The number of hydrogen-bond acceptors (Lipinski definition) is 6. The first-order valence-corrected chi connectivity index (χ1v) is 19.9. The minimum absolute atomic E-state index is 0.336. The maximum absolute atomic E-state index is 12.6. The van der Waals surface area contributed by atoms with Crippen LogP contribution in [0.4, 0.5) is 0 Å². The van der Waals surface area contributed by atoms with Crippen molar-refractivity contribution in [3.05, 3.63) is 40.0 Å². The topological polar surface area (TPSA) is 82.0 Å². The van der Waals surface area contributed by atoms with Gasteiger partial charge in [-0.15, -0.1) is 0 Å². The number of likely N-dealkylation sites (tertiary alicyclic amines) is 3. The van der Waals surface area contributed by atoms with E-state index >= 15 is 0 Å². The van der Waals surface area contributed by atoms with Gasteiger partial charge in [0.25, 0.3) is 0 Å². The number of nitrogens with zero attached hydrogens (tertiary/aromatic N) is 6. The minimum atomic E-state index is -3.31. The number of aryl methyl sites for hydroxylation is 2. The van der Waals surface area contributed by atoms with Crippen molar-refractivity contribution in [3.8, 4) is 11.3 Å². The number of carbonyl (C=O) groups is 1. The lowest BCUT2D eigenvalue weighted by molar-refractivity contribution is -0.130. The van der Waals surface area contributed by atoms with E-state index in [2.05, 4.69) is 32.4 Å². The summed E-state index contributed by atoms with van der Waals surface area (Å²) in [5.41, 5.74) is 5.24. The minimum Gasteiger partial charge on any atom is -0.340 e. The van der Waals surface area contributed by atoms with Crippen LogP contribution in [0.1, 0.15) is 81.5 Å². The van der Waals surface area contributed by atoms with Crippen molar-refractivity contribution in [2.75, 3.05) is 58.6 Å². The van der Waals surface area contributed by atoms with Crippen LogP contribution in [0.3, 0.4) is 0 Å². The summed E-state index contributed by atoms with van der Waals surface area (Å²) < 4.78 is 28.8. The van der Waals surface area contributed by atoms with E-state index in [1.54, 1.807) is 4.31 Å². The van der Waals surface area contributed by atoms with E-state index in [-0.39, 0.29) is 0 Å². The number of benzene rings is 1. The molecule has 46 heavy (non-hydrogen) atoms. The van der Waals surface area contributed by atoms with Crippen LogP contribution in [0.15, 0.2) is 18.2 Å². The van der Waals surface area contributed by atoms with E-state index in [4.69, 9.17) is 16.7 Å². The maximum Gasteiger partial charge on any atom is 0.222 e. The Morgan fingerprint density at radius 1 is 0.913 bits per heavy atom. The lowest BCUT2D eigenvalue weighted by atomic mass is 9.98. The highest BCUT2D eigenvalue weighted by molar-refractivity contribution is 7.88. The fourth-order valence-electron chi connectivity index (χ4n) is 8.17. The number of unbranched alkanes of at least 4 members (excludes halogenated alkanes) is 1. The van der Waals surface area contributed by atoms with E-state index in [9.17, 15) is 13.2 Å². The third-order valence-electron chi connectivity index (χ3n) is 10.8. The molecule has 1 amide bonds. The van der Waals surface area contributed by atoms with Crippen molar-refractivity contribution in [2.24, 2.45) is 5.92 Å². The Balaban J connectivity index is 1.11. The van der Waals surface area contributed by atoms with Gasteiger partial charge in [0.1, 0.15) is 0 Å². The van der Waals surface area contributed by atoms with Gasteiger partial charge in [-0.2, -0.15) is 9.40 Å². The fraction of sp³-hybridized carbons (Fsp3) is 0.714. The number of halogens is 1. The predicted molar refractivity (Wildman–Crippen MR) is 184 cm³/mol. The molecule has 0 spiro atoms. The second-order valence-electron chi connectivity index (χ2n) is 14.3. The molecular weight excluding hydrogens is 620 g/mol. The molecular formula is C35H53ClN6O3S. The average Bonchev–Trinajstić information content (AvgIpc) is 3.63. The smallest absolute Gasteiger partial charge is 0.222 e. The van der Waals surface area contributed by atoms with Gasteiger partial charge in [-0.05, 0) is 101 Å². The number of hydrogen-bond donors (Lipinski definition) is 0. The van der Waals surface area contributed by atoms with Gasteiger partial charge in [-0.3, -0.25) is 9.48 Å². The Morgan fingerprint density at radius 3 is 2.46 bits per heavy atom. The Labute approximate surface area is 281 Å². The molecule has 1 aromatic heterocycles. The molecule has 11 heteroatoms. The van der Waals surface area contributed by atoms with E-state index in [0.29, 0.717) is 37.9 Å². The highest BCUT2D eigenvalue weighted by atomic mass is 35.5. The molecule has 4 aliphatic rings. The summed E-state index contributed by atoms with van der Waals surface area (Å²) in [5.74, 6) is 1.14. The number of carbonyl (C=O) groups excluding carboxylic acids is 1. The molecule has 0 radical (unpaired) electrons. The molecule has 9 nitrogen and oxygen atoms in total. The molecule has 0 N–H and O–H groups in total. The maximum atomic E-state index is 12.6. The van der Waals surface area contributed by atoms with Crippen LogP contribution in [0.2, 0.25) is 5.02 Å². The van der Waals surface area contributed by atoms with Crippen molar-refractivity contribution >= 4 is 27.5 Å². The molecule has 1 atom stereocenters. The normalized spacial score (nSPS) is 22.5. The summed E-state index contributed by atoms with van der Waals surface area (Å²) in [7, 11) is -3.31. The number of amides is 1. The first kappa shape index (κ1) is 33.9. The highest BCUT2D eigenvalue weighted by Gasteiger charge is 2.32. The SMILES string of the molecule is CC1CCCN(CCCCc2cc(-c3nn(CCCN4CCC(N5CCCC5=O)CC4)c4c3CN(S(C)(=O)=O)CC4)ccc2Cl)C1. The first-order chi connectivity index (χ1) is 22.2. The number of aromatic nitrogens is 2. The van der Waals surface area contributed by atoms with Crippen LogP contribution in [0.5, 0.6) is 0 Å². The summed E-state index contributed by atoms with van der Waals surface area (Å²) in [6.07, 6.45) is 12.6. The molecule has 1 unspecified atom stereocenters. The zero-order chi connectivity index (χ0) is 32.3. The van der Waals surface area contributed by atoms with Crippen molar-refractivity contribution in [1.82, 2.24) is 28.8 Å². The molecule has 0 saturated carbocycles.